The van der Waals surface area contributed by atoms with Gasteiger partial charge in [0.1, 0.15) is 34.2 Å². The van der Waals surface area contributed by atoms with E-state index in [-0.39, 0.29) is 61.3 Å². The van der Waals surface area contributed by atoms with Crippen LogP contribution in [0.3, 0.4) is 0 Å². The SMILES string of the molecule is CC[C@H](C)C(NC(=O)[C@H]1CCCCN1C)C(=O)N(C)[C@H](C[C@@H](OC(C)=O)c1nc(C(=O)NC(Cc2ccc(F)cc2)C[C@H](C)C(=O)NNC(=O)OCCSSc2ccccn2)cs1)C(C)C. The molecule has 0 bridgehead atoms. The summed E-state index contributed by atoms with van der Waals surface area (Å²) in [6.07, 6.45) is 3.85. The van der Waals surface area contributed by atoms with E-state index in [4.69, 9.17) is 9.47 Å². The number of carbonyl (C=O) groups excluding carboxylic acids is 6. The number of aromatic nitrogens is 2. The largest absolute Gasteiger partial charge is 0.455 e. The van der Waals surface area contributed by atoms with E-state index in [2.05, 4.69) is 31.5 Å². The molecule has 3 heterocycles. The fourth-order valence-electron chi connectivity index (χ4n) is 7.59. The Morgan fingerprint density at radius 2 is 1.74 bits per heavy atom. The Kier molecular flexibility index (Phi) is 22.1. The van der Waals surface area contributed by atoms with Crippen LogP contribution < -0.4 is 21.5 Å². The summed E-state index contributed by atoms with van der Waals surface area (Å²) >= 11 is 1.13. The van der Waals surface area contributed by atoms with Crippen LogP contribution in [0.25, 0.3) is 0 Å². The number of rotatable bonds is 23. The summed E-state index contributed by atoms with van der Waals surface area (Å²) in [5.74, 6) is -2.95. The summed E-state index contributed by atoms with van der Waals surface area (Å²) in [5, 5.41) is 8.77. The van der Waals surface area contributed by atoms with Gasteiger partial charge < -0.3 is 25.0 Å². The summed E-state index contributed by atoms with van der Waals surface area (Å²) in [4.78, 5) is 92.1. The quantitative estimate of drug-likeness (QED) is 0.0338. The Labute approximate surface area is 399 Å². The van der Waals surface area contributed by atoms with Crippen molar-refractivity contribution in [2.24, 2.45) is 17.8 Å². The van der Waals surface area contributed by atoms with Crippen molar-refractivity contribution in [1.29, 1.82) is 0 Å². The summed E-state index contributed by atoms with van der Waals surface area (Å²) in [7, 11) is 6.54. The van der Waals surface area contributed by atoms with Gasteiger partial charge in [0.15, 0.2) is 6.10 Å². The van der Waals surface area contributed by atoms with Gasteiger partial charge in [0.05, 0.1) is 6.04 Å². The lowest BCUT2D eigenvalue weighted by molar-refractivity contribution is -0.149. The number of esters is 1. The Bertz CT molecular complexity index is 2050. The number of benzene rings is 1. The lowest BCUT2D eigenvalue weighted by atomic mass is 9.92. The molecule has 1 aliphatic rings. The molecule has 20 heteroatoms. The number of hydrogen-bond acceptors (Lipinski definition) is 14. The van der Waals surface area contributed by atoms with E-state index in [1.54, 1.807) is 42.6 Å². The lowest BCUT2D eigenvalue weighted by Gasteiger charge is -2.38. The first kappa shape index (κ1) is 53.8. The highest BCUT2D eigenvalue weighted by Crippen LogP contribution is 2.32. The molecule has 2 aromatic heterocycles. The molecule has 1 aromatic carbocycles. The number of carbonyl (C=O) groups is 6. The van der Waals surface area contributed by atoms with E-state index >= 15 is 0 Å². The van der Waals surface area contributed by atoms with Crippen LogP contribution in [0.15, 0.2) is 59.1 Å². The highest BCUT2D eigenvalue weighted by molar-refractivity contribution is 8.76. The minimum atomic E-state index is -0.911. The number of piperidine rings is 1. The number of ether oxygens (including phenoxy) is 2. The number of hydrazine groups is 1. The number of nitrogens with one attached hydrogen (secondary N) is 4. The third kappa shape index (κ3) is 17.1. The molecule has 4 N–H and O–H groups in total. The molecule has 5 amide bonds. The third-order valence-corrected chi connectivity index (χ3v) is 14.7. The van der Waals surface area contributed by atoms with E-state index in [0.29, 0.717) is 22.7 Å². The molecule has 2 unspecified atom stereocenters. The Morgan fingerprint density at radius 3 is 2.39 bits per heavy atom. The lowest BCUT2D eigenvalue weighted by Crippen LogP contribution is -2.58. The van der Waals surface area contributed by atoms with Gasteiger partial charge in [-0.3, -0.25) is 34.3 Å². The summed E-state index contributed by atoms with van der Waals surface area (Å²) in [5.41, 5.74) is 5.39. The topological polar surface area (TPSA) is 201 Å². The molecular formula is C46H65FN8O8S3. The van der Waals surface area contributed by atoms with E-state index in [9.17, 15) is 33.2 Å². The maximum atomic E-state index is 14.3. The minimum absolute atomic E-state index is 0.0483. The maximum absolute atomic E-state index is 14.3. The summed E-state index contributed by atoms with van der Waals surface area (Å²) in [6, 6.07) is 9.22. The number of halogens is 1. The van der Waals surface area contributed by atoms with Crippen LogP contribution in [0.4, 0.5) is 9.18 Å². The number of nitrogens with zero attached hydrogens (tertiary/aromatic N) is 4. The molecule has 4 rings (SSSR count). The van der Waals surface area contributed by atoms with E-state index in [1.807, 2.05) is 57.8 Å². The second-order valence-corrected chi connectivity index (χ2v) is 20.3. The Hall–Kier alpha value is -4.79. The average molecular weight is 973 g/mol. The summed E-state index contributed by atoms with van der Waals surface area (Å²) in [6.45, 7) is 11.7. The Balaban J connectivity index is 1.42. The van der Waals surface area contributed by atoms with Gasteiger partial charge in [0, 0.05) is 55.7 Å². The monoisotopic (exact) mass is 972 g/mol. The number of likely N-dealkylation sites (N-methyl/N-ethyl adjacent to an activating group) is 2. The van der Waals surface area contributed by atoms with Gasteiger partial charge in [-0.05, 0) is 91.7 Å². The van der Waals surface area contributed by atoms with Gasteiger partial charge in [0.2, 0.25) is 17.7 Å². The van der Waals surface area contributed by atoms with Crippen LogP contribution in [-0.2, 0) is 35.1 Å². The van der Waals surface area contributed by atoms with Crippen molar-refractivity contribution in [3.05, 3.63) is 76.1 Å². The van der Waals surface area contributed by atoms with Gasteiger partial charge in [-0.1, -0.05) is 76.5 Å². The fourth-order valence-corrected chi connectivity index (χ4v) is 10.1. The van der Waals surface area contributed by atoms with Gasteiger partial charge in [-0.15, -0.1) is 11.3 Å². The zero-order valence-corrected chi connectivity index (χ0v) is 41.5. The van der Waals surface area contributed by atoms with Gasteiger partial charge >= 0.3 is 12.1 Å². The van der Waals surface area contributed by atoms with E-state index < -0.39 is 59.8 Å². The fraction of sp³-hybridized carbons (Fsp3) is 0.565. The molecule has 0 spiro atoms. The van der Waals surface area contributed by atoms with Crippen molar-refractivity contribution in [3.63, 3.8) is 0 Å². The van der Waals surface area contributed by atoms with Crippen molar-refractivity contribution >= 4 is 68.6 Å². The molecule has 362 valence electrons. The second-order valence-electron chi connectivity index (χ2n) is 17.0. The van der Waals surface area contributed by atoms with Crippen molar-refractivity contribution in [2.75, 3.05) is 33.0 Å². The molecule has 0 radical (unpaired) electrons. The first-order valence-electron chi connectivity index (χ1n) is 22.4. The molecular weight excluding hydrogens is 908 g/mol. The normalized spacial score (nSPS) is 16.7. The number of amides is 5. The summed E-state index contributed by atoms with van der Waals surface area (Å²) < 4.78 is 24.8. The number of pyridine rings is 1. The molecule has 1 saturated heterocycles. The van der Waals surface area contributed by atoms with Crippen LogP contribution in [-0.4, -0.2) is 113 Å². The predicted molar refractivity (Wildman–Crippen MR) is 255 cm³/mol. The van der Waals surface area contributed by atoms with Crippen LogP contribution in [0.5, 0.6) is 0 Å². The first-order valence-corrected chi connectivity index (χ1v) is 25.5. The predicted octanol–water partition coefficient (Wildman–Crippen LogP) is 6.73. The number of likely N-dealkylation sites (tertiary alicyclic amines) is 1. The Morgan fingerprint density at radius 1 is 1.00 bits per heavy atom. The molecule has 0 aliphatic carbocycles. The molecule has 16 nitrogen and oxygen atoms in total. The van der Waals surface area contributed by atoms with Crippen LogP contribution in [0.2, 0.25) is 0 Å². The maximum Gasteiger partial charge on any atom is 0.426 e. The van der Waals surface area contributed by atoms with Crippen molar-refractivity contribution in [1.82, 2.24) is 41.3 Å². The zero-order valence-electron chi connectivity index (χ0n) is 39.0. The van der Waals surface area contributed by atoms with Crippen LogP contribution in [0, 0.1) is 23.6 Å². The van der Waals surface area contributed by atoms with E-state index in [0.717, 1.165) is 42.2 Å². The van der Waals surface area contributed by atoms with Crippen molar-refractivity contribution in [3.8, 4) is 0 Å². The molecule has 1 aliphatic heterocycles. The standard InChI is InChI=1S/C46H65FN8O8S3/c1-9-29(4)40(51-43(59)36-14-11-13-21-54(36)7)45(60)55(8)37(28(2)3)26-38(63-31(6)56)44-50-35(27-64-44)42(58)49-34(25-32-16-18-33(47)19-17-32)24-30(5)41(57)52-53-46(61)62-22-23-65-66-39-15-10-12-20-48-39/h10,12,15-20,27-30,34,36-38,40H,9,11,13-14,21-26H2,1-8H3,(H,49,58)(H,51,59)(H,52,57)(H,53,61)/t29-,30-,34?,36+,37+,38+,40?/m0/s1. The average Bonchev–Trinajstić information content (AvgIpc) is 3.79. The number of hydrogen-bond donors (Lipinski definition) is 4. The first-order chi connectivity index (χ1) is 31.5. The van der Waals surface area contributed by atoms with Gasteiger partial charge in [-0.2, -0.15) is 0 Å². The van der Waals surface area contributed by atoms with Gasteiger partial charge in [-0.25, -0.2) is 24.6 Å². The molecule has 3 aromatic rings. The molecule has 66 heavy (non-hydrogen) atoms. The smallest absolute Gasteiger partial charge is 0.426 e. The highest BCUT2D eigenvalue weighted by Gasteiger charge is 2.37. The van der Waals surface area contributed by atoms with Crippen LogP contribution >= 0.6 is 32.9 Å². The highest BCUT2D eigenvalue weighted by atomic mass is 33.1. The van der Waals surface area contributed by atoms with Crippen molar-refractivity contribution < 1.29 is 42.6 Å². The third-order valence-electron chi connectivity index (χ3n) is 11.5. The molecule has 1 fully saturated rings. The van der Waals surface area contributed by atoms with Crippen LogP contribution in [0.1, 0.15) is 107 Å². The van der Waals surface area contributed by atoms with Gasteiger partial charge in [0.25, 0.3) is 5.91 Å². The zero-order chi connectivity index (χ0) is 48.3. The van der Waals surface area contributed by atoms with Crippen molar-refractivity contribution in [2.45, 2.75) is 122 Å². The number of thiazole rings is 1. The second kappa shape index (κ2) is 27.1. The minimum Gasteiger partial charge on any atom is -0.455 e. The van der Waals surface area contributed by atoms with E-state index in [1.165, 1.54) is 40.6 Å². The molecule has 0 saturated carbocycles. The molecule has 7 atom stereocenters.